The first-order valence-electron chi connectivity index (χ1n) is 14.0. The Morgan fingerprint density at radius 2 is 1.77 bits per heavy atom. The van der Waals surface area contributed by atoms with E-state index in [0.29, 0.717) is 17.8 Å². The van der Waals surface area contributed by atoms with E-state index < -0.39 is 24.0 Å². The molecule has 7 heteroatoms. The van der Waals surface area contributed by atoms with Crippen LogP contribution in [0.4, 0.5) is 13.2 Å². The van der Waals surface area contributed by atoms with Crippen molar-refractivity contribution >= 4 is 16.9 Å². The molecule has 1 heterocycles. The number of carbonyl (C=O) groups is 1. The summed E-state index contributed by atoms with van der Waals surface area (Å²) in [6.45, 7) is 8.62. The summed E-state index contributed by atoms with van der Waals surface area (Å²) < 4.78 is 57.3. The van der Waals surface area contributed by atoms with E-state index in [1.165, 1.54) is 37.3 Å². The number of hydrogen-bond acceptors (Lipinski definition) is 4. The Kier molecular flexibility index (Phi) is 10.5. The second kappa shape index (κ2) is 13.4. The zero-order chi connectivity index (χ0) is 28.6. The van der Waals surface area contributed by atoms with Gasteiger partial charge in [-0.25, -0.2) is 0 Å². The highest BCUT2D eigenvalue weighted by molar-refractivity contribution is 5.84. The van der Waals surface area contributed by atoms with Gasteiger partial charge in [-0.1, -0.05) is 65.7 Å². The molecule has 0 aliphatic carbocycles. The molecule has 2 unspecified atom stereocenters. The number of halogens is 3. The van der Waals surface area contributed by atoms with Gasteiger partial charge in [-0.3, -0.25) is 4.79 Å². The molecular formula is C32H41F3O4. The van der Waals surface area contributed by atoms with Crippen LogP contribution >= 0.6 is 0 Å². The molecule has 0 radical (unpaired) electrons. The predicted octanol–water partition coefficient (Wildman–Crippen LogP) is 9.32. The van der Waals surface area contributed by atoms with Gasteiger partial charge in [0.25, 0.3) is 0 Å². The van der Waals surface area contributed by atoms with Crippen LogP contribution in [0.3, 0.4) is 0 Å². The average molecular weight is 547 g/mol. The standard InChI is InChI=1S/C32H41F3O4/c1-6-9-10-11-23-12-15-27(24(8-3)16-23)29-17-25-13-14-26(18-28(25)39-29)37-20-31(5,19-32(33,34)35)21-38-30(36)22(4)7-2/h12-18,22H,6-11,19-21H2,1-5H3. The maximum absolute atomic E-state index is 13.4. The van der Waals surface area contributed by atoms with Crippen LogP contribution in [0.1, 0.15) is 77.8 Å². The molecule has 0 spiro atoms. The lowest BCUT2D eigenvalue weighted by Crippen LogP contribution is -2.37. The molecule has 39 heavy (non-hydrogen) atoms. The number of aryl methyl sites for hydroxylation is 2. The molecule has 2 aromatic carbocycles. The van der Waals surface area contributed by atoms with Crippen molar-refractivity contribution in [2.24, 2.45) is 11.3 Å². The van der Waals surface area contributed by atoms with E-state index in [-0.39, 0.29) is 19.1 Å². The number of hydrogen-bond donors (Lipinski definition) is 0. The summed E-state index contributed by atoms with van der Waals surface area (Å²) in [5.41, 5.74) is 2.75. The number of furan rings is 1. The maximum atomic E-state index is 13.4. The van der Waals surface area contributed by atoms with Gasteiger partial charge in [-0.2, -0.15) is 13.2 Å². The van der Waals surface area contributed by atoms with Crippen LogP contribution in [0, 0.1) is 11.3 Å². The van der Waals surface area contributed by atoms with Crippen molar-refractivity contribution in [3.63, 3.8) is 0 Å². The van der Waals surface area contributed by atoms with Crippen molar-refractivity contribution in [3.05, 3.63) is 53.6 Å². The highest BCUT2D eigenvalue weighted by Gasteiger charge is 2.41. The van der Waals surface area contributed by atoms with Crippen LogP contribution in [0.25, 0.3) is 22.3 Å². The lowest BCUT2D eigenvalue weighted by molar-refractivity contribution is -0.176. The minimum absolute atomic E-state index is 0.265. The third kappa shape index (κ3) is 8.77. The Hall–Kier alpha value is -2.96. The van der Waals surface area contributed by atoms with Crippen molar-refractivity contribution < 1.29 is 31.9 Å². The highest BCUT2D eigenvalue weighted by Crippen LogP contribution is 2.36. The Bertz CT molecular complexity index is 1230. The molecule has 0 fully saturated rings. The van der Waals surface area contributed by atoms with Crippen molar-refractivity contribution in [2.75, 3.05) is 13.2 Å². The second-order valence-electron chi connectivity index (χ2n) is 10.9. The van der Waals surface area contributed by atoms with E-state index in [2.05, 4.69) is 32.0 Å². The molecule has 0 aliphatic rings. The number of fused-ring (bicyclic) bond motifs is 1. The molecule has 0 bridgehead atoms. The van der Waals surface area contributed by atoms with Gasteiger partial charge in [0, 0.05) is 22.4 Å². The van der Waals surface area contributed by atoms with Gasteiger partial charge in [0.15, 0.2) is 0 Å². The SMILES string of the molecule is CCCCCc1ccc(-c2cc3ccc(OCC(C)(COC(=O)C(C)CC)CC(F)(F)F)cc3o2)c(CC)c1. The largest absolute Gasteiger partial charge is 0.493 e. The number of esters is 1. The summed E-state index contributed by atoms with van der Waals surface area (Å²) in [5, 5.41) is 0.881. The number of benzene rings is 2. The molecule has 0 N–H and O–H groups in total. The minimum Gasteiger partial charge on any atom is -0.493 e. The molecule has 2 atom stereocenters. The third-order valence-corrected chi connectivity index (χ3v) is 7.17. The van der Waals surface area contributed by atoms with E-state index in [4.69, 9.17) is 13.9 Å². The lowest BCUT2D eigenvalue weighted by Gasteiger charge is -2.30. The molecule has 3 rings (SSSR count). The lowest BCUT2D eigenvalue weighted by atomic mass is 9.88. The third-order valence-electron chi connectivity index (χ3n) is 7.17. The number of ether oxygens (including phenoxy) is 2. The molecular weight excluding hydrogens is 505 g/mol. The number of unbranched alkanes of at least 4 members (excludes halogenated alkanes) is 2. The quantitative estimate of drug-likeness (QED) is 0.149. The van der Waals surface area contributed by atoms with E-state index in [1.807, 2.05) is 19.1 Å². The molecule has 0 saturated heterocycles. The van der Waals surface area contributed by atoms with E-state index in [0.717, 1.165) is 29.6 Å². The van der Waals surface area contributed by atoms with Gasteiger partial charge >= 0.3 is 12.1 Å². The van der Waals surface area contributed by atoms with E-state index in [9.17, 15) is 18.0 Å². The number of rotatable bonds is 14. The van der Waals surface area contributed by atoms with Crippen molar-refractivity contribution in [1.29, 1.82) is 0 Å². The van der Waals surface area contributed by atoms with E-state index in [1.54, 1.807) is 19.1 Å². The molecule has 4 nitrogen and oxygen atoms in total. The number of carbonyl (C=O) groups excluding carboxylic acids is 1. The van der Waals surface area contributed by atoms with Crippen LogP contribution in [0.15, 0.2) is 46.9 Å². The highest BCUT2D eigenvalue weighted by atomic mass is 19.4. The monoisotopic (exact) mass is 546 g/mol. The average Bonchev–Trinajstić information content (AvgIpc) is 3.32. The molecule has 0 amide bonds. The molecule has 1 aromatic heterocycles. The van der Waals surface area contributed by atoms with Crippen LogP contribution in [-0.2, 0) is 22.4 Å². The summed E-state index contributed by atoms with van der Waals surface area (Å²) in [5.74, 6) is 0.267. The fourth-order valence-corrected chi connectivity index (χ4v) is 4.59. The first-order chi connectivity index (χ1) is 18.5. The first kappa shape index (κ1) is 30.6. The van der Waals surface area contributed by atoms with Crippen LogP contribution in [0.2, 0.25) is 0 Å². The summed E-state index contributed by atoms with van der Waals surface area (Å²) in [6, 6.07) is 13.8. The smallest absolute Gasteiger partial charge is 0.389 e. The molecule has 0 saturated carbocycles. The van der Waals surface area contributed by atoms with Crippen molar-refractivity contribution in [1.82, 2.24) is 0 Å². The summed E-state index contributed by atoms with van der Waals surface area (Å²) in [7, 11) is 0. The molecule has 214 valence electrons. The normalized spacial score (nSPS) is 14.3. The van der Waals surface area contributed by atoms with Gasteiger partial charge in [-0.15, -0.1) is 0 Å². The van der Waals surface area contributed by atoms with Crippen molar-refractivity contribution in [3.8, 4) is 17.1 Å². The molecule has 0 aliphatic heterocycles. The van der Waals surface area contributed by atoms with E-state index >= 15 is 0 Å². The Morgan fingerprint density at radius 1 is 1.00 bits per heavy atom. The van der Waals surface area contributed by atoms with Gasteiger partial charge in [-0.05, 0) is 55.0 Å². The molecule has 3 aromatic rings. The predicted molar refractivity (Wildman–Crippen MR) is 149 cm³/mol. The van der Waals surface area contributed by atoms with Gasteiger partial charge in [0.05, 0.1) is 18.9 Å². The zero-order valence-electron chi connectivity index (χ0n) is 23.7. The summed E-state index contributed by atoms with van der Waals surface area (Å²) >= 11 is 0. The second-order valence-corrected chi connectivity index (χ2v) is 10.9. The van der Waals surface area contributed by atoms with Crippen molar-refractivity contribution in [2.45, 2.75) is 85.7 Å². The van der Waals surface area contributed by atoms with Gasteiger partial charge in [0.1, 0.15) is 23.7 Å². The minimum atomic E-state index is -4.43. The fourth-order valence-electron chi connectivity index (χ4n) is 4.59. The van der Waals surface area contributed by atoms with Gasteiger partial charge < -0.3 is 13.9 Å². The first-order valence-corrected chi connectivity index (χ1v) is 14.0. The maximum Gasteiger partial charge on any atom is 0.389 e. The van der Waals surface area contributed by atoms with Gasteiger partial charge in [0.2, 0.25) is 0 Å². The fraction of sp³-hybridized carbons (Fsp3) is 0.531. The van der Waals surface area contributed by atoms with Crippen LogP contribution < -0.4 is 4.74 Å². The summed E-state index contributed by atoms with van der Waals surface area (Å²) in [6.07, 6.45) is 0.521. The number of alkyl halides is 3. The Labute approximate surface area is 229 Å². The topological polar surface area (TPSA) is 48.7 Å². The van der Waals surface area contributed by atoms with Crippen LogP contribution in [0.5, 0.6) is 5.75 Å². The zero-order valence-corrected chi connectivity index (χ0v) is 23.7. The Balaban J connectivity index is 1.76. The van der Waals surface area contributed by atoms with Crippen LogP contribution in [-0.4, -0.2) is 25.4 Å². The summed E-state index contributed by atoms with van der Waals surface area (Å²) in [4.78, 5) is 12.1. The Morgan fingerprint density at radius 3 is 2.44 bits per heavy atom.